The molecule has 3 aromatic carbocycles. The number of carbonyl (C=O) groups is 2. The van der Waals surface area contributed by atoms with E-state index in [1.165, 1.54) is 11.1 Å². The van der Waals surface area contributed by atoms with Gasteiger partial charge in [0, 0.05) is 31.2 Å². The SMILES string of the molecule is CC.CC.CC.Cc1ccccc1C(=O)NC1CCN(CCCCC2(C(=O)NCC(C)(C)C)c3ccccc3-c3ccccc32)C1. The number of hydrogen-bond donors (Lipinski definition) is 2. The molecule has 0 bridgehead atoms. The number of amides is 2. The van der Waals surface area contributed by atoms with Crippen molar-refractivity contribution in [1.82, 2.24) is 15.5 Å². The topological polar surface area (TPSA) is 61.4 Å². The van der Waals surface area contributed by atoms with Crippen LogP contribution in [0.25, 0.3) is 11.1 Å². The first-order valence-corrected chi connectivity index (χ1v) is 17.8. The van der Waals surface area contributed by atoms with E-state index in [4.69, 9.17) is 0 Å². The van der Waals surface area contributed by atoms with Crippen LogP contribution in [-0.2, 0) is 10.2 Å². The molecule has 0 radical (unpaired) electrons. The highest BCUT2D eigenvalue weighted by atomic mass is 16.2. The Labute approximate surface area is 280 Å². The number of unbranched alkanes of at least 4 members (excludes halogenated alkanes) is 1. The summed E-state index contributed by atoms with van der Waals surface area (Å²) in [5.41, 5.74) is 5.71. The molecule has 5 heteroatoms. The molecule has 3 aromatic rings. The number of carbonyl (C=O) groups excluding carboxylic acids is 2. The first kappa shape index (κ1) is 38.7. The number of likely N-dealkylation sites (tertiary alicyclic amines) is 1. The van der Waals surface area contributed by atoms with Crippen molar-refractivity contribution in [3.05, 3.63) is 95.1 Å². The van der Waals surface area contributed by atoms with Gasteiger partial charge < -0.3 is 15.5 Å². The average molecular weight is 628 g/mol. The molecule has 1 heterocycles. The van der Waals surface area contributed by atoms with Crippen molar-refractivity contribution in [2.24, 2.45) is 5.41 Å². The Morgan fingerprint density at radius 2 is 1.35 bits per heavy atom. The molecule has 1 aliphatic carbocycles. The minimum absolute atomic E-state index is 0.00934. The van der Waals surface area contributed by atoms with Crippen LogP contribution in [0.5, 0.6) is 0 Å². The minimum atomic E-state index is -0.673. The molecule has 2 aliphatic rings. The maximum Gasteiger partial charge on any atom is 0.251 e. The molecule has 0 saturated carbocycles. The molecule has 0 aromatic heterocycles. The zero-order chi connectivity index (χ0) is 34.3. The van der Waals surface area contributed by atoms with Gasteiger partial charge in [-0.25, -0.2) is 0 Å². The van der Waals surface area contributed by atoms with Gasteiger partial charge in [-0.1, -0.05) is 135 Å². The molecule has 5 rings (SSSR count). The Hall–Kier alpha value is -3.44. The third-order valence-corrected chi connectivity index (χ3v) is 8.50. The monoisotopic (exact) mass is 627 g/mol. The van der Waals surface area contributed by atoms with Gasteiger partial charge in [-0.3, -0.25) is 9.59 Å². The van der Waals surface area contributed by atoms with Gasteiger partial charge in [-0.15, -0.1) is 0 Å². The first-order chi connectivity index (χ1) is 22.2. The number of benzene rings is 3. The van der Waals surface area contributed by atoms with E-state index in [9.17, 15) is 9.59 Å². The lowest BCUT2D eigenvalue weighted by atomic mass is 9.73. The predicted octanol–water partition coefficient (Wildman–Crippen LogP) is 9.18. The fraction of sp³-hybridized carbons (Fsp3) is 0.512. The summed E-state index contributed by atoms with van der Waals surface area (Å²) < 4.78 is 0. The quantitative estimate of drug-likeness (QED) is 0.233. The van der Waals surface area contributed by atoms with Crippen LogP contribution in [0.15, 0.2) is 72.8 Å². The largest absolute Gasteiger partial charge is 0.355 e. The van der Waals surface area contributed by atoms with Gasteiger partial charge in [0.15, 0.2) is 0 Å². The van der Waals surface area contributed by atoms with Crippen LogP contribution < -0.4 is 10.6 Å². The second-order valence-corrected chi connectivity index (χ2v) is 12.8. The van der Waals surface area contributed by atoms with E-state index in [1.807, 2.05) is 72.7 Å². The first-order valence-electron chi connectivity index (χ1n) is 17.8. The van der Waals surface area contributed by atoms with E-state index in [1.54, 1.807) is 0 Å². The van der Waals surface area contributed by atoms with Crippen molar-refractivity contribution in [3.63, 3.8) is 0 Å². The molecule has 1 aliphatic heterocycles. The third kappa shape index (κ3) is 9.31. The van der Waals surface area contributed by atoms with Crippen LogP contribution >= 0.6 is 0 Å². The number of fused-ring (bicyclic) bond motifs is 3. The average Bonchev–Trinajstić information content (AvgIpc) is 3.65. The van der Waals surface area contributed by atoms with Crippen molar-refractivity contribution in [2.75, 3.05) is 26.2 Å². The molecule has 1 atom stereocenters. The van der Waals surface area contributed by atoms with Crippen LogP contribution in [0.4, 0.5) is 0 Å². The summed E-state index contributed by atoms with van der Waals surface area (Å²) in [6.07, 6.45) is 3.70. The molecule has 1 fully saturated rings. The van der Waals surface area contributed by atoms with E-state index in [2.05, 4.69) is 84.8 Å². The molecule has 2 N–H and O–H groups in total. The number of nitrogens with one attached hydrogen (secondary N) is 2. The Morgan fingerprint density at radius 1 is 0.804 bits per heavy atom. The predicted molar refractivity (Wildman–Crippen MR) is 197 cm³/mol. The maximum absolute atomic E-state index is 14.1. The summed E-state index contributed by atoms with van der Waals surface area (Å²) in [7, 11) is 0. The smallest absolute Gasteiger partial charge is 0.251 e. The molecule has 252 valence electrons. The van der Waals surface area contributed by atoms with Crippen LogP contribution in [0, 0.1) is 12.3 Å². The molecule has 0 spiro atoms. The van der Waals surface area contributed by atoms with Crippen LogP contribution in [0.2, 0.25) is 0 Å². The van der Waals surface area contributed by atoms with E-state index >= 15 is 0 Å². The molecule has 1 unspecified atom stereocenters. The van der Waals surface area contributed by atoms with E-state index in [0.717, 1.165) is 67.6 Å². The van der Waals surface area contributed by atoms with Gasteiger partial charge in [-0.05, 0) is 72.0 Å². The summed E-state index contributed by atoms with van der Waals surface area (Å²) >= 11 is 0. The standard InChI is InChI=1S/C35H43N3O2.3C2H6/c1-25-13-5-6-14-27(25)32(39)37-26-19-22-38(23-26)21-12-11-20-35(33(40)36-24-34(2,3)4)30-17-9-7-15-28(30)29-16-8-10-18-31(29)35;3*1-2/h5-10,13-18,26H,11-12,19-24H2,1-4H3,(H,36,40)(H,37,39);3*1-2H3. The normalized spacial score (nSPS) is 15.8. The van der Waals surface area contributed by atoms with Crippen LogP contribution in [-0.4, -0.2) is 48.9 Å². The van der Waals surface area contributed by atoms with Gasteiger partial charge in [-0.2, -0.15) is 0 Å². The Balaban J connectivity index is 0.00000116. The lowest BCUT2D eigenvalue weighted by molar-refractivity contribution is -0.126. The lowest BCUT2D eigenvalue weighted by Crippen LogP contribution is -2.46. The Bertz CT molecular complexity index is 1330. The van der Waals surface area contributed by atoms with E-state index in [-0.39, 0.29) is 23.3 Å². The lowest BCUT2D eigenvalue weighted by Gasteiger charge is -2.32. The van der Waals surface area contributed by atoms with Crippen LogP contribution in [0.3, 0.4) is 0 Å². The molecule has 46 heavy (non-hydrogen) atoms. The van der Waals surface area contributed by atoms with E-state index in [0.29, 0.717) is 6.54 Å². The summed E-state index contributed by atoms with van der Waals surface area (Å²) in [4.78, 5) is 29.3. The Morgan fingerprint density at radius 3 is 1.91 bits per heavy atom. The highest BCUT2D eigenvalue weighted by Crippen LogP contribution is 2.51. The van der Waals surface area contributed by atoms with Crippen LogP contribution in [0.1, 0.15) is 115 Å². The van der Waals surface area contributed by atoms with Crippen molar-refractivity contribution in [2.45, 2.75) is 106 Å². The summed E-state index contributed by atoms with van der Waals surface area (Å²) in [5.74, 6) is 0.131. The molecule has 1 saturated heterocycles. The van der Waals surface area contributed by atoms with Gasteiger partial charge >= 0.3 is 0 Å². The highest BCUT2D eigenvalue weighted by Gasteiger charge is 2.48. The fourth-order valence-corrected chi connectivity index (χ4v) is 6.42. The minimum Gasteiger partial charge on any atom is -0.355 e. The number of aryl methyl sites for hydroxylation is 1. The maximum atomic E-state index is 14.1. The summed E-state index contributed by atoms with van der Waals surface area (Å²) in [6, 6.07) is 24.8. The zero-order valence-corrected chi connectivity index (χ0v) is 30.4. The van der Waals surface area contributed by atoms with Crippen molar-refractivity contribution < 1.29 is 9.59 Å². The van der Waals surface area contributed by atoms with Gasteiger partial charge in [0.1, 0.15) is 5.41 Å². The zero-order valence-electron chi connectivity index (χ0n) is 30.4. The molecular formula is C41H61N3O2. The molecular weight excluding hydrogens is 566 g/mol. The van der Waals surface area contributed by atoms with E-state index < -0.39 is 5.41 Å². The van der Waals surface area contributed by atoms with Gasteiger partial charge in [0.05, 0.1) is 0 Å². The Kier molecular flexibility index (Phi) is 15.7. The van der Waals surface area contributed by atoms with Gasteiger partial charge in [0.25, 0.3) is 5.91 Å². The third-order valence-electron chi connectivity index (χ3n) is 8.50. The fourth-order valence-electron chi connectivity index (χ4n) is 6.42. The van der Waals surface area contributed by atoms with Gasteiger partial charge in [0.2, 0.25) is 5.91 Å². The molecule has 2 amide bonds. The van der Waals surface area contributed by atoms with Crippen molar-refractivity contribution >= 4 is 11.8 Å². The highest BCUT2D eigenvalue weighted by molar-refractivity contribution is 6.00. The summed E-state index contributed by atoms with van der Waals surface area (Å²) in [6.45, 7) is 23.9. The second kappa shape index (κ2) is 18.6. The number of nitrogens with zero attached hydrogens (tertiary/aromatic N) is 1. The number of hydrogen-bond acceptors (Lipinski definition) is 3. The van der Waals surface area contributed by atoms with Crippen molar-refractivity contribution in [1.29, 1.82) is 0 Å². The van der Waals surface area contributed by atoms with Crippen molar-refractivity contribution in [3.8, 4) is 11.1 Å². The number of rotatable bonds is 9. The molecule has 5 nitrogen and oxygen atoms in total. The second-order valence-electron chi connectivity index (χ2n) is 12.8. The summed E-state index contributed by atoms with van der Waals surface area (Å²) in [5, 5.41) is 6.56.